The van der Waals surface area contributed by atoms with Crippen LogP contribution in [0.1, 0.15) is 27.7 Å². The third-order valence-electron chi connectivity index (χ3n) is 2.79. The van der Waals surface area contributed by atoms with E-state index in [-0.39, 0.29) is 12.3 Å². The number of aliphatic hydroxyl groups excluding tert-OH is 2. The van der Waals surface area contributed by atoms with Gasteiger partial charge in [0.1, 0.15) is 0 Å². The molecule has 0 fully saturated rings. The molecule has 0 amide bonds. The lowest BCUT2D eigenvalue weighted by atomic mass is 10.2. The summed E-state index contributed by atoms with van der Waals surface area (Å²) in [6.45, 7) is 7.51. The Morgan fingerprint density at radius 1 is 0.947 bits per heavy atom. The van der Waals surface area contributed by atoms with Gasteiger partial charge in [0.2, 0.25) is 7.37 Å². The van der Waals surface area contributed by atoms with Crippen LogP contribution in [0.25, 0.3) is 0 Å². The minimum atomic E-state index is -3.44. The summed E-state index contributed by atoms with van der Waals surface area (Å²) in [6.07, 6.45) is -2.18. The van der Waals surface area contributed by atoms with E-state index in [1.54, 1.807) is 27.7 Å². The lowest BCUT2D eigenvalue weighted by Gasteiger charge is -2.25. The topological polar surface area (TPSA) is 96.2 Å². The largest absolute Gasteiger partial charge is 0.368 e. The summed E-state index contributed by atoms with van der Waals surface area (Å²) in [5.74, 6) is -0.876. The van der Waals surface area contributed by atoms with E-state index in [0.717, 1.165) is 0 Å². The molecule has 116 valence electrons. The lowest BCUT2D eigenvalue weighted by Crippen LogP contribution is -2.28. The Morgan fingerprint density at radius 2 is 1.26 bits per heavy atom. The van der Waals surface area contributed by atoms with Crippen molar-refractivity contribution in [2.45, 2.75) is 40.3 Å². The van der Waals surface area contributed by atoms with Crippen molar-refractivity contribution in [3.63, 3.8) is 0 Å². The molecule has 0 radical (unpaired) electrons. The summed E-state index contributed by atoms with van der Waals surface area (Å²) < 4.78 is 22.1. The summed E-state index contributed by atoms with van der Waals surface area (Å²) in [4.78, 5) is 9.91. The van der Waals surface area contributed by atoms with Gasteiger partial charge in [-0.3, -0.25) is 4.57 Å². The summed E-state index contributed by atoms with van der Waals surface area (Å²) in [6, 6.07) is 0. The minimum Gasteiger partial charge on any atom is -0.368 e. The van der Waals surface area contributed by atoms with Crippen molar-refractivity contribution in [1.29, 1.82) is 0 Å². The first-order chi connectivity index (χ1) is 8.73. The molecule has 6 nitrogen and oxygen atoms in total. The maximum Gasteiger partial charge on any atom is 0.201 e. The van der Waals surface area contributed by atoms with Gasteiger partial charge in [0, 0.05) is 37.4 Å². The van der Waals surface area contributed by atoms with Gasteiger partial charge in [0.25, 0.3) is 0 Å². The molecule has 0 saturated heterocycles. The first-order valence-corrected chi connectivity index (χ1v) is 8.66. The summed E-state index contributed by atoms with van der Waals surface area (Å²) in [5.41, 5.74) is 0. The van der Waals surface area contributed by atoms with E-state index in [4.69, 9.17) is 9.47 Å². The van der Waals surface area contributed by atoms with Crippen LogP contribution < -0.4 is 0 Å². The number of ether oxygens (including phenoxy) is 2. The van der Waals surface area contributed by atoms with Gasteiger partial charge >= 0.3 is 0 Å². The van der Waals surface area contributed by atoms with Crippen molar-refractivity contribution < 1.29 is 29.1 Å². The molecule has 0 aliphatic rings. The molecule has 0 bridgehead atoms. The molecule has 7 heteroatoms. The fraction of sp³-hybridized carbons (Fsp3) is 1.00. The molecular formula is C12H27O6P. The molecule has 0 aromatic carbocycles. The molecule has 0 aliphatic carbocycles. The molecule has 0 aliphatic heterocycles. The maximum absolute atomic E-state index is 12.1. The highest BCUT2D eigenvalue weighted by atomic mass is 31.2. The predicted octanol–water partition coefficient (Wildman–Crippen LogP) is 1.24. The van der Waals surface area contributed by atoms with Crippen LogP contribution in [0.2, 0.25) is 0 Å². The van der Waals surface area contributed by atoms with Gasteiger partial charge in [0.15, 0.2) is 12.6 Å². The molecule has 4 atom stereocenters. The van der Waals surface area contributed by atoms with E-state index >= 15 is 0 Å². The highest BCUT2D eigenvalue weighted by Gasteiger charge is 2.30. The van der Waals surface area contributed by atoms with E-state index < -0.39 is 31.8 Å². The second-order valence-electron chi connectivity index (χ2n) is 4.86. The molecular weight excluding hydrogens is 271 g/mol. The smallest absolute Gasteiger partial charge is 0.201 e. The van der Waals surface area contributed by atoms with E-state index in [1.807, 2.05) is 0 Å². The molecule has 0 aromatic rings. The van der Waals surface area contributed by atoms with Crippen molar-refractivity contribution in [2.75, 3.05) is 25.5 Å². The zero-order valence-electron chi connectivity index (χ0n) is 12.2. The van der Waals surface area contributed by atoms with E-state index in [0.29, 0.717) is 13.2 Å². The second-order valence-corrected chi connectivity index (χ2v) is 7.28. The Hall–Kier alpha value is 0.0300. The van der Waals surface area contributed by atoms with Crippen molar-refractivity contribution in [3.8, 4) is 0 Å². The molecule has 0 aromatic heterocycles. The maximum atomic E-state index is 12.1. The van der Waals surface area contributed by atoms with Gasteiger partial charge in [-0.25, -0.2) is 0 Å². The van der Waals surface area contributed by atoms with E-state index in [2.05, 4.69) is 0 Å². The van der Waals surface area contributed by atoms with Gasteiger partial charge in [-0.05, 0) is 13.8 Å². The quantitative estimate of drug-likeness (QED) is 0.415. The number of aliphatic hydroxyl groups is 2. The molecule has 19 heavy (non-hydrogen) atoms. The Balaban J connectivity index is 4.34. The van der Waals surface area contributed by atoms with Crippen LogP contribution in [0.3, 0.4) is 0 Å². The molecule has 0 spiro atoms. The summed E-state index contributed by atoms with van der Waals surface area (Å²) >= 11 is 0. The van der Waals surface area contributed by atoms with Crippen LogP contribution in [0.15, 0.2) is 0 Å². The Labute approximate surface area is 115 Å². The van der Waals surface area contributed by atoms with Gasteiger partial charge < -0.3 is 24.6 Å². The average molecular weight is 298 g/mol. The number of hydrogen-bond donors (Lipinski definition) is 3. The predicted molar refractivity (Wildman–Crippen MR) is 73.2 cm³/mol. The zero-order chi connectivity index (χ0) is 15.1. The number of hydrogen-bond acceptors (Lipinski definition) is 5. The zero-order valence-corrected chi connectivity index (χ0v) is 13.0. The average Bonchev–Trinajstić information content (AvgIpc) is 2.28. The van der Waals surface area contributed by atoms with Crippen LogP contribution in [0.5, 0.6) is 0 Å². The Bertz CT molecular complexity index is 261. The molecule has 0 saturated carbocycles. The van der Waals surface area contributed by atoms with Crippen molar-refractivity contribution >= 4 is 7.37 Å². The first-order valence-electron chi connectivity index (χ1n) is 6.63. The normalized spacial score (nSPS) is 21.4. The number of rotatable bonds is 10. The summed E-state index contributed by atoms with van der Waals surface area (Å²) in [7, 11) is -3.44. The van der Waals surface area contributed by atoms with Gasteiger partial charge in [0.05, 0.1) is 0 Å². The Kier molecular flexibility index (Phi) is 9.07. The first kappa shape index (κ1) is 19.0. The van der Waals surface area contributed by atoms with Crippen LogP contribution in [-0.4, -0.2) is 53.2 Å². The van der Waals surface area contributed by atoms with Gasteiger partial charge in [-0.15, -0.1) is 0 Å². The SMILES string of the molecule is CCOC(O)C(C)CP(=O)(O)CC(C)C(O)OCC. The van der Waals surface area contributed by atoms with Crippen molar-refractivity contribution in [2.24, 2.45) is 11.8 Å². The monoisotopic (exact) mass is 298 g/mol. The minimum absolute atomic E-state index is 0.0443. The van der Waals surface area contributed by atoms with Gasteiger partial charge in [-0.2, -0.15) is 0 Å². The van der Waals surface area contributed by atoms with Gasteiger partial charge in [-0.1, -0.05) is 13.8 Å². The third kappa shape index (κ3) is 8.02. The van der Waals surface area contributed by atoms with Crippen molar-refractivity contribution in [3.05, 3.63) is 0 Å². The van der Waals surface area contributed by atoms with Crippen LogP contribution in [0.4, 0.5) is 0 Å². The molecule has 0 rings (SSSR count). The molecule has 4 unspecified atom stereocenters. The lowest BCUT2D eigenvalue weighted by molar-refractivity contribution is -0.123. The van der Waals surface area contributed by atoms with Crippen molar-refractivity contribution in [1.82, 2.24) is 0 Å². The fourth-order valence-corrected chi connectivity index (χ4v) is 4.13. The van der Waals surface area contributed by atoms with E-state index in [1.165, 1.54) is 0 Å². The van der Waals surface area contributed by atoms with Crippen LogP contribution in [0, 0.1) is 11.8 Å². The fourth-order valence-electron chi connectivity index (χ4n) is 1.82. The molecule has 3 N–H and O–H groups in total. The van der Waals surface area contributed by atoms with Crippen LogP contribution >= 0.6 is 7.37 Å². The third-order valence-corrected chi connectivity index (χ3v) is 5.09. The highest BCUT2D eigenvalue weighted by molar-refractivity contribution is 7.58. The van der Waals surface area contributed by atoms with E-state index in [9.17, 15) is 19.7 Å². The highest BCUT2D eigenvalue weighted by Crippen LogP contribution is 2.45. The standard InChI is InChI=1S/C12H27O6P/c1-5-17-11(13)9(3)7-19(15,16)8-10(4)12(14)18-6-2/h9-14H,5-8H2,1-4H3,(H,15,16). The summed E-state index contributed by atoms with van der Waals surface area (Å²) in [5, 5.41) is 19.2. The Morgan fingerprint density at radius 3 is 1.53 bits per heavy atom. The molecule has 0 heterocycles. The second kappa shape index (κ2) is 9.06. The van der Waals surface area contributed by atoms with Crippen LogP contribution in [-0.2, 0) is 14.0 Å².